The monoisotopic (exact) mass is 448 g/mol. The van der Waals surface area contributed by atoms with Crippen LogP contribution in [0.5, 0.6) is 5.75 Å². The molecule has 6 nitrogen and oxygen atoms in total. The van der Waals surface area contributed by atoms with Crippen molar-refractivity contribution in [3.63, 3.8) is 0 Å². The highest BCUT2D eigenvalue weighted by molar-refractivity contribution is 5.88. The molecule has 0 aliphatic carbocycles. The topological polar surface area (TPSA) is 60.8 Å². The molecule has 0 N–H and O–H groups in total. The fourth-order valence-corrected chi connectivity index (χ4v) is 4.46. The average Bonchev–Trinajstić information content (AvgIpc) is 2.85. The molecule has 0 spiro atoms. The Labute approximate surface area is 194 Å². The molecule has 0 radical (unpaired) electrons. The second-order valence-electron chi connectivity index (χ2n) is 8.53. The van der Waals surface area contributed by atoms with Crippen molar-refractivity contribution in [2.24, 2.45) is 5.92 Å². The molecule has 0 bridgehead atoms. The van der Waals surface area contributed by atoms with Crippen molar-refractivity contribution >= 4 is 16.7 Å². The van der Waals surface area contributed by atoms with E-state index in [2.05, 4.69) is 24.3 Å². The molecule has 1 amide bonds. The molecular weight excluding hydrogens is 416 g/mol. The van der Waals surface area contributed by atoms with Gasteiger partial charge in [-0.05, 0) is 55.9 Å². The van der Waals surface area contributed by atoms with Gasteiger partial charge in [-0.25, -0.2) is 0 Å². The molecule has 174 valence electrons. The number of ether oxygens (including phenoxy) is 2. The van der Waals surface area contributed by atoms with E-state index in [1.807, 2.05) is 30.0 Å². The van der Waals surface area contributed by atoms with Crippen LogP contribution in [-0.2, 0) is 22.5 Å². The van der Waals surface area contributed by atoms with Gasteiger partial charge in [-0.15, -0.1) is 0 Å². The fraction of sp³-hybridized carbons (Fsp3) is 0.407. The Morgan fingerprint density at radius 2 is 1.79 bits per heavy atom. The smallest absolute Gasteiger partial charge is 0.260 e. The van der Waals surface area contributed by atoms with Crippen molar-refractivity contribution in [2.45, 2.75) is 32.7 Å². The van der Waals surface area contributed by atoms with Gasteiger partial charge in [-0.3, -0.25) is 9.59 Å². The number of benzene rings is 2. The van der Waals surface area contributed by atoms with E-state index in [1.54, 1.807) is 22.9 Å². The van der Waals surface area contributed by atoms with Gasteiger partial charge in [0.05, 0.1) is 12.0 Å². The molecule has 1 aliphatic heterocycles. The minimum Gasteiger partial charge on any atom is -0.483 e. The quantitative estimate of drug-likeness (QED) is 0.466. The lowest BCUT2D eigenvalue weighted by Crippen LogP contribution is -2.41. The molecule has 3 aromatic rings. The fourth-order valence-electron chi connectivity index (χ4n) is 4.46. The number of piperidine rings is 1. The van der Waals surface area contributed by atoms with Gasteiger partial charge >= 0.3 is 0 Å². The summed E-state index contributed by atoms with van der Waals surface area (Å²) < 4.78 is 12.9. The van der Waals surface area contributed by atoms with Crippen LogP contribution < -0.4 is 10.3 Å². The first-order valence-corrected chi connectivity index (χ1v) is 11.8. The number of likely N-dealkylation sites (tertiary alicyclic amines) is 1. The van der Waals surface area contributed by atoms with E-state index in [4.69, 9.17) is 9.47 Å². The second-order valence-corrected chi connectivity index (χ2v) is 8.53. The summed E-state index contributed by atoms with van der Waals surface area (Å²) in [5.41, 5.74) is 1.28. The first-order chi connectivity index (χ1) is 16.2. The molecule has 33 heavy (non-hydrogen) atoms. The van der Waals surface area contributed by atoms with E-state index in [0.29, 0.717) is 36.8 Å². The molecule has 0 saturated carbocycles. The van der Waals surface area contributed by atoms with Crippen LogP contribution in [0, 0.1) is 5.92 Å². The third-order valence-corrected chi connectivity index (χ3v) is 6.34. The van der Waals surface area contributed by atoms with Crippen molar-refractivity contribution in [1.29, 1.82) is 0 Å². The number of fused-ring (bicyclic) bond motifs is 1. The zero-order valence-electron chi connectivity index (χ0n) is 19.2. The van der Waals surface area contributed by atoms with Crippen LogP contribution in [0.3, 0.4) is 0 Å². The van der Waals surface area contributed by atoms with E-state index >= 15 is 0 Å². The molecular formula is C27H32N2O4. The van der Waals surface area contributed by atoms with Gasteiger partial charge in [-0.1, -0.05) is 36.4 Å². The third kappa shape index (κ3) is 5.82. The largest absolute Gasteiger partial charge is 0.483 e. The summed E-state index contributed by atoms with van der Waals surface area (Å²) in [5, 5.41) is 1.31. The van der Waals surface area contributed by atoms with Crippen LogP contribution in [-0.4, -0.2) is 48.3 Å². The molecule has 1 aliphatic rings. The van der Waals surface area contributed by atoms with E-state index < -0.39 is 0 Å². The first-order valence-electron chi connectivity index (χ1n) is 11.8. The van der Waals surface area contributed by atoms with Gasteiger partial charge in [0.25, 0.3) is 11.5 Å². The number of pyridine rings is 1. The van der Waals surface area contributed by atoms with Crippen molar-refractivity contribution in [3.05, 3.63) is 76.7 Å². The number of nitrogens with zero attached hydrogens (tertiary/aromatic N) is 2. The minimum atomic E-state index is -0.0792. The van der Waals surface area contributed by atoms with Crippen molar-refractivity contribution in [1.82, 2.24) is 9.47 Å². The predicted molar refractivity (Wildman–Crippen MR) is 130 cm³/mol. The van der Waals surface area contributed by atoms with E-state index in [9.17, 15) is 9.59 Å². The van der Waals surface area contributed by atoms with Crippen molar-refractivity contribution < 1.29 is 14.3 Å². The summed E-state index contributed by atoms with van der Waals surface area (Å²) in [5.74, 6) is 1.17. The summed E-state index contributed by atoms with van der Waals surface area (Å²) in [6.45, 7) is 5.07. The Hall–Kier alpha value is -3.12. The van der Waals surface area contributed by atoms with Gasteiger partial charge in [0.15, 0.2) is 6.61 Å². The molecule has 2 aromatic carbocycles. The summed E-state index contributed by atoms with van der Waals surface area (Å²) in [7, 11) is 0. The van der Waals surface area contributed by atoms with Crippen LogP contribution in [0.2, 0.25) is 0 Å². The molecule has 1 fully saturated rings. The Morgan fingerprint density at radius 3 is 2.55 bits per heavy atom. The number of hydrogen-bond donors (Lipinski definition) is 0. The van der Waals surface area contributed by atoms with Gasteiger partial charge in [0.1, 0.15) is 5.75 Å². The van der Waals surface area contributed by atoms with Crippen LogP contribution >= 0.6 is 0 Å². The lowest BCUT2D eigenvalue weighted by atomic mass is 9.90. The molecule has 1 aromatic heterocycles. The van der Waals surface area contributed by atoms with Gasteiger partial charge in [0.2, 0.25) is 0 Å². The zero-order chi connectivity index (χ0) is 23.0. The number of amides is 1. The van der Waals surface area contributed by atoms with Crippen LogP contribution in [0.15, 0.2) is 65.6 Å². The number of rotatable bonds is 9. The summed E-state index contributed by atoms with van der Waals surface area (Å²) in [6.07, 6.45) is 4.85. The highest BCUT2D eigenvalue weighted by Gasteiger charge is 2.23. The van der Waals surface area contributed by atoms with Crippen LogP contribution in [0.1, 0.15) is 25.3 Å². The maximum Gasteiger partial charge on any atom is 0.260 e. The van der Waals surface area contributed by atoms with Crippen LogP contribution in [0.25, 0.3) is 10.8 Å². The van der Waals surface area contributed by atoms with Gasteiger partial charge < -0.3 is 18.9 Å². The predicted octanol–water partition coefficient (Wildman–Crippen LogP) is 3.90. The number of carbonyl (C=O) groups is 1. The molecule has 2 heterocycles. The summed E-state index contributed by atoms with van der Waals surface area (Å²) in [4.78, 5) is 27.5. The number of hydrogen-bond acceptors (Lipinski definition) is 4. The Bertz CT molecular complexity index is 1120. The van der Waals surface area contributed by atoms with Gasteiger partial charge in [-0.2, -0.15) is 0 Å². The van der Waals surface area contributed by atoms with Gasteiger partial charge in [0, 0.05) is 37.8 Å². The number of carbonyl (C=O) groups excluding carboxylic acids is 1. The van der Waals surface area contributed by atoms with Crippen molar-refractivity contribution in [3.8, 4) is 5.75 Å². The summed E-state index contributed by atoms with van der Waals surface area (Å²) >= 11 is 0. The zero-order valence-corrected chi connectivity index (χ0v) is 19.2. The Balaban J connectivity index is 1.33. The molecule has 0 atom stereocenters. The Kier molecular flexibility index (Phi) is 7.79. The van der Waals surface area contributed by atoms with Crippen molar-refractivity contribution in [2.75, 3.05) is 32.9 Å². The normalized spacial score (nSPS) is 14.5. The first kappa shape index (κ1) is 23.1. The highest BCUT2D eigenvalue weighted by atomic mass is 16.5. The van der Waals surface area contributed by atoms with E-state index in [1.165, 1.54) is 5.56 Å². The molecule has 1 saturated heterocycles. The minimum absolute atomic E-state index is 0.00443. The maximum atomic E-state index is 12.8. The Morgan fingerprint density at radius 1 is 1.00 bits per heavy atom. The van der Waals surface area contributed by atoms with Crippen LogP contribution in [0.4, 0.5) is 0 Å². The number of aromatic nitrogens is 1. The average molecular weight is 449 g/mol. The molecule has 6 heteroatoms. The summed E-state index contributed by atoms with van der Waals surface area (Å²) in [6, 6.07) is 17.8. The highest BCUT2D eigenvalue weighted by Crippen LogP contribution is 2.24. The SMILES string of the molecule is CCOCCn1ccc2c(OCC(=O)N3CCC(Cc4ccccc4)CC3)cccc2c1=O. The molecule has 0 unspecified atom stereocenters. The maximum absolute atomic E-state index is 12.8. The molecule has 4 rings (SSSR count). The lowest BCUT2D eigenvalue weighted by molar-refractivity contribution is -0.134. The van der Waals surface area contributed by atoms with E-state index in [-0.39, 0.29) is 18.1 Å². The standard InChI is InChI=1S/C27H32N2O4/c1-2-32-18-17-29-16-13-23-24(27(29)31)9-6-10-25(23)33-20-26(30)28-14-11-22(12-15-28)19-21-7-4-3-5-8-21/h3-10,13,16,22H,2,11-12,14-15,17-20H2,1H3. The second kappa shape index (κ2) is 11.1. The lowest BCUT2D eigenvalue weighted by Gasteiger charge is -2.32. The van der Waals surface area contributed by atoms with E-state index in [0.717, 1.165) is 37.7 Å². The third-order valence-electron chi connectivity index (χ3n) is 6.34.